The predicted molar refractivity (Wildman–Crippen MR) is 64.4 cm³/mol. The Labute approximate surface area is 104 Å². The topological polar surface area (TPSA) is 55.1 Å². The van der Waals surface area contributed by atoms with Gasteiger partial charge in [0.1, 0.15) is 5.82 Å². The lowest BCUT2D eigenvalue weighted by molar-refractivity contribution is 0.0935. The van der Waals surface area contributed by atoms with Gasteiger partial charge in [0.15, 0.2) is 0 Å². The highest BCUT2D eigenvalue weighted by molar-refractivity contribution is 6.31. The maximum absolute atomic E-state index is 13.0. The van der Waals surface area contributed by atoms with Crippen molar-refractivity contribution in [3.63, 3.8) is 0 Å². The minimum atomic E-state index is -0.506. The first kappa shape index (κ1) is 12.3. The number of halogens is 2. The third-order valence-electron chi connectivity index (χ3n) is 2.95. The van der Waals surface area contributed by atoms with E-state index >= 15 is 0 Å². The van der Waals surface area contributed by atoms with Crippen LogP contribution in [0.5, 0.6) is 0 Å². The molecule has 0 atom stereocenters. The van der Waals surface area contributed by atoms with Gasteiger partial charge in [-0.3, -0.25) is 4.79 Å². The van der Waals surface area contributed by atoms with E-state index < -0.39 is 5.82 Å². The van der Waals surface area contributed by atoms with Crippen LogP contribution in [0.2, 0.25) is 5.02 Å². The molecule has 1 amide bonds. The second kappa shape index (κ2) is 5.02. The Kier molecular flexibility index (Phi) is 3.64. The van der Waals surface area contributed by atoms with Crippen LogP contribution in [0.4, 0.5) is 4.39 Å². The fourth-order valence-corrected chi connectivity index (χ4v) is 2.20. The molecule has 2 rings (SSSR count). The number of hydrogen-bond acceptors (Lipinski definition) is 2. The smallest absolute Gasteiger partial charge is 0.251 e. The van der Waals surface area contributed by atoms with E-state index in [-0.39, 0.29) is 22.5 Å². The molecule has 0 unspecified atom stereocenters. The molecule has 0 spiro atoms. The zero-order chi connectivity index (χ0) is 12.4. The van der Waals surface area contributed by atoms with Crippen molar-refractivity contribution in [3.8, 4) is 0 Å². The van der Waals surface area contributed by atoms with Gasteiger partial charge in [0, 0.05) is 23.2 Å². The molecule has 92 valence electrons. The number of carbonyl (C=O) groups excluding carboxylic acids is 1. The van der Waals surface area contributed by atoms with Gasteiger partial charge in [-0.25, -0.2) is 4.39 Å². The number of amides is 1. The van der Waals surface area contributed by atoms with Crippen molar-refractivity contribution in [3.05, 3.63) is 34.6 Å². The fourth-order valence-electron chi connectivity index (χ4n) is 1.98. The number of nitrogens with one attached hydrogen (secondary N) is 1. The number of benzene rings is 1. The summed E-state index contributed by atoms with van der Waals surface area (Å²) in [5.74, 6) is -0.363. The van der Waals surface area contributed by atoms with E-state index in [0.717, 1.165) is 12.8 Å². The summed E-state index contributed by atoms with van der Waals surface area (Å²) in [6, 6.07) is 4.06. The SMILES string of the molecule is NC1CC(CNC(=O)c2cc(F)cc(Cl)c2)C1. The van der Waals surface area contributed by atoms with Gasteiger partial charge in [-0.2, -0.15) is 0 Å². The van der Waals surface area contributed by atoms with E-state index in [4.69, 9.17) is 17.3 Å². The van der Waals surface area contributed by atoms with Crippen LogP contribution in [0.3, 0.4) is 0 Å². The van der Waals surface area contributed by atoms with Crippen LogP contribution >= 0.6 is 11.6 Å². The van der Waals surface area contributed by atoms with E-state index in [9.17, 15) is 9.18 Å². The molecule has 17 heavy (non-hydrogen) atoms. The molecule has 3 nitrogen and oxygen atoms in total. The van der Waals surface area contributed by atoms with E-state index in [1.165, 1.54) is 18.2 Å². The predicted octanol–water partition coefficient (Wildman–Crippen LogP) is 1.95. The third kappa shape index (κ3) is 3.17. The quantitative estimate of drug-likeness (QED) is 0.869. The Hall–Kier alpha value is -1.13. The zero-order valence-electron chi connectivity index (χ0n) is 9.25. The first-order valence-corrected chi connectivity index (χ1v) is 5.92. The Balaban J connectivity index is 1.90. The molecule has 0 saturated heterocycles. The van der Waals surface area contributed by atoms with Gasteiger partial charge < -0.3 is 11.1 Å². The lowest BCUT2D eigenvalue weighted by Gasteiger charge is -2.32. The molecule has 1 aliphatic carbocycles. The van der Waals surface area contributed by atoms with Crippen LogP contribution in [-0.4, -0.2) is 18.5 Å². The summed E-state index contributed by atoms with van der Waals surface area (Å²) in [7, 11) is 0. The van der Waals surface area contributed by atoms with Crippen LogP contribution in [-0.2, 0) is 0 Å². The van der Waals surface area contributed by atoms with Gasteiger partial charge >= 0.3 is 0 Å². The van der Waals surface area contributed by atoms with Crippen molar-refractivity contribution in [2.75, 3.05) is 6.54 Å². The molecule has 0 aromatic heterocycles. The highest BCUT2D eigenvalue weighted by atomic mass is 35.5. The first-order valence-electron chi connectivity index (χ1n) is 5.54. The summed E-state index contributed by atoms with van der Waals surface area (Å²) in [6.07, 6.45) is 1.87. The van der Waals surface area contributed by atoms with E-state index in [2.05, 4.69) is 5.32 Å². The molecular formula is C12H14ClFN2O. The van der Waals surface area contributed by atoms with Crippen molar-refractivity contribution in [1.29, 1.82) is 0 Å². The summed E-state index contributed by atoms with van der Waals surface area (Å²) in [5.41, 5.74) is 5.90. The molecule has 5 heteroatoms. The Morgan fingerprint density at radius 1 is 1.47 bits per heavy atom. The summed E-state index contributed by atoms with van der Waals surface area (Å²) in [6.45, 7) is 0.584. The number of rotatable bonds is 3. The molecule has 1 saturated carbocycles. The molecule has 1 aliphatic rings. The third-order valence-corrected chi connectivity index (χ3v) is 3.17. The second-order valence-corrected chi connectivity index (χ2v) is 4.90. The van der Waals surface area contributed by atoms with Crippen molar-refractivity contribution in [2.24, 2.45) is 11.7 Å². The minimum absolute atomic E-state index is 0.223. The van der Waals surface area contributed by atoms with Crippen LogP contribution in [0.15, 0.2) is 18.2 Å². The van der Waals surface area contributed by atoms with Crippen LogP contribution in [0, 0.1) is 11.7 Å². The molecule has 1 aromatic carbocycles. The maximum atomic E-state index is 13.0. The lowest BCUT2D eigenvalue weighted by Crippen LogP contribution is -2.42. The number of nitrogens with two attached hydrogens (primary N) is 1. The Morgan fingerprint density at radius 3 is 2.76 bits per heavy atom. The maximum Gasteiger partial charge on any atom is 0.251 e. The molecule has 0 radical (unpaired) electrons. The van der Waals surface area contributed by atoms with Crippen molar-refractivity contribution in [2.45, 2.75) is 18.9 Å². The lowest BCUT2D eigenvalue weighted by atomic mass is 9.81. The van der Waals surface area contributed by atoms with Crippen LogP contribution in [0.25, 0.3) is 0 Å². The van der Waals surface area contributed by atoms with Crippen molar-refractivity contribution in [1.82, 2.24) is 5.32 Å². The molecule has 0 aliphatic heterocycles. The van der Waals surface area contributed by atoms with Crippen LogP contribution < -0.4 is 11.1 Å². The molecule has 1 aromatic rings. The van der Waals surface area contributed by atoms with Crippen molar-refractivity contribution < 1.29 is 9.18 Å². The monoisotopic (exact) mass is 256 g/mol. The summed E-state index contributed by atoms with van der Waals surface area (Å²) < 4.78 is 13.0. The molecule has 3 N–H and O–H groups in total. The second-order valence-electron chi connectivity index (χ2n) is 4.47. The van der Waals surface area contributed by atoms with Gasteiger partial charge in [0.05, 0.1) is 0 Å². The highest BCUT2D eigenvalue weighted by Gasteiger charge is 2.26. The van der Waals surface area contributed by atoms with Gasteiger partial charge in [0.25, 0.3) is 5.91 Å². The van der Waals surface area contributed by atoms with Gasteiger partial charge in [-0.1, -0.05) is 11.6 Å². The standard InChI is InChI=1S/C12H14ClFN2O/c13-9-3-8(4-10(14)5-9)12(17)16-6-7-1-11(15)2-7/h3-5,7,11H,1-2,6,15H2,(H,16,17). The van der Waals surface area contributed by atoms with E-state index in [1.54, 1.807) is 0 Å². The Morgan fingerprint density at radius 2 is 2.18 bits per heavy atom. The molecule has 0 heterocycles. The Bertz CT molecular complexity index is 412. The number of carbonyl (C=O) groups is 1. The first-order chi connectivity index (χ1) is 8.04. The summed E-state index contributed by atoms with van der Waals surface area (Å²) in [5, 5.41) is 2.98. The average Bonchev–Trinajstić information content (AvgIpc) is 2.21. The fraction of sp³-hybridized carbons (Fsp3) is 0.417. The van der Waals surface area contributed by atoms with Gasteiger partial charge in [0.2, 0.25) is 0 Å². The van der Waals surface area contributed by atoms with Gasteiger partial charge in [-0.05, 0) is 37.0 Å². The molecule has 0 bridgehead atoms. The minimum Gasteiger partial charge on any atom is -0.352 e. The highest BCUT2D eigenvalue weighted by Crippen LogP contribution is 2.24. The van der Waals surface area contributed by atoms with Crippen LogP contribution in [0.1, 0.15) is 23.2 Å². The summed E-state index contributed by atoms with van der Waals surface area (Å²) in [4.78, 5) is 11.7. The molecular weight excluding hydrogens is 243 g/mol. The van der Waals surface area contributed by atoms with E-state index in [1.807, 2.05) is 0 Å². The largest absolute Gasteiger partial charge is 0.352 e. The van der Waals surface area contributed by atoms with Crippen molar-refractivity contribution >= 4 is 17.5 Å². The summed E-state index contributed by atoms with van der Waals surface area (Å²) >= 11 is 5.68. The normalized spacial score (nSPS) is 23.0. The average molecular weight is 257 g/mol. The van der Waals surface area contributed by atoms with Gasteiger partial charge in [-0.15, -0.1) is 0 Å². The van der Waals surface area contributed by atoms with E-state index in [0.29, 0.717) is 12.5 Å². The number of hydrogen-bond donors (Lipinski definition) is 2. The zero-order valence-corrected chi connectivity index (χ0v) is 10.0. The molecule has 1 fully saturated rings.